The molecule has 4 heterocycles. The van der Waals surface area contributed by atoms with Crippen molar-refractivity contribution in [2.24, 2.45) is 7.05 Å². The zero-order valence-corrected chi connectivity index (χ0v) is 14.3. The first kappa shape index (κ1) is 15.9. The number of carbonyl (C=O) groups is 1. The van der Waals surface area contributed by atoms with Gasteiger partial charge < -0.3 is 14.1 Å². The fourth-order valence-corrected chi connectivity index (χ4v) is 3.48. The standard InChI is InChI=1S/C15H16N6O3S/c1-19-9-16-17-15(19)25-13-3-2-11(24-13)8-20-4-5-21-10(7-20)6-12(18-21)14(22)23/h2-3,6,9H,4-5,7-8H2,1H3,(H,22,23). The van der Waals surface area contributed by atoms with Gasteiger partial charge in [-0.1, -0.05) is 0 Å². The van der Waals surface area contributed by atoms with Gasteiger partial charge in [0, 0.05) is 20.1 Å². The molecule has 0 atom stereocenters. The molecule has 0 aliphatic carbocycles. The number of aryl methyl sites for hydroxylation is 1. The molecule has 25 heavy (non-hydrogen) atoms. The van der Waals surface area contributed by atoms with Gasteiger partial charge in [0.25, 0.3) is 0 Å². The number of carboxylic acids is 1. The van der Waals surface area contributed by atoms with Crippen LogP contribution >= 0.6 is 11.8 Å². The van der Waals surface area contributed by atoms with E-state index in [9.17, 15) is 4.79 Å². The molecule has 0 aromatic carbocycles. The normalized spacial score (nSPS) is 14.6. The molecule has 3 aromatic rings. The maximum Gasteiger partial charge on any atom is 0.356 e. The summed E-state index contributed by atoms with van der Waals surface area (Å²) in [5.74, 6) is -0.138. The summed E-state index contributed by atoms with van der Waals surface area (Å²) in [4.78, 5) is 13.2. The van der Waals surface area contributed by atoms with Crippen LogP contribution in [0, 0.1) is 0 Å². The van der Waals surface area contributed by atoms with E-state index in [0.29, 0.717) is 19.6 Å². The highest BCUT2D eigenvalue weighted by Crippen LogP contribution is 2.28. The molecule has 0 radical (unpaired) electrons. The van der Waals surface area contributed by atoms with Gasteiger partial charge in [0.2, 0.25) is 0 Å². The van der Waals surface area contributed by atoms with Gasteiger partial charge in [-0.2, -0.15) is 5.10 Å². The van der Waals surface area contributed by atoms with E-state index >= 15 is 0 Å². The number of hydrogen-bond donors (Lipinski definition) is 1. The first-order chi connectivity index (χ1) is 12.1. The van der Waals surface area contributed by atoms with Crippen molar-refractivity contribution in [1.82, 2.24) is 29.4 Å². The van der Waals surface area contributed by atoms with Gasteiger partial charge in [-0.15, -0.1) is 10.2 Å². The Kier molecular flexibility index (Phi) is 4.06. The predicted octanol–water partition coefficient (Wildman–Crippen LogP) is 1.47. The van der Waals surface area contributed by atoms with Crippen LogP contribution < -0.4 is 0 Å². The molecule has 1 aliphatic rings. The third-order valence-corrected chi connectivity index (χ3v) is 4.95. The second kappa shape index (κ2) is 6.37. The summed E-state index contributed by atoms with van der Waals surface area (Å²) in [7, 11) is 1.88. The first-order valence-electron chi connectivity index (χ1n) is 7.71. The molecule has 130 valence electrons. The molecule has 9 nitrogen and oxygen atoms in total. The van der Waals surface area contributed by atoms with Crippen LogP contribution in [0.1, 0.15) is 21.9 Å². The van der Waals surface area contributed by atoms with Gasteiger partial charge in [0.05, 0.1) is 18.8 Å². The van der Waals surface area contributed by atoms with Gasteiger partial charge >= 0.3 is 5.97 Å². The summed E-state index contributed by atoms with van der Waals surface area (Å²) in [5, 5.41) is 22.5. The number of fused-ring (bicyclic) bond motifs is 1. The number of rotatable bonds is 5. The molecule has 1 N–H and O–H groups in total. The van der Waals surface area contributed by atoms with Crippen molar-refractivity contribution >= 4 is 17.7 Å². The minimum absolute atomic E-state index is 0.0946. The molecule has 0 bridgehead atoms. The van der Waals surface area contributed by atoms with E-state index in [1.165, 1.54) is 11.8 Å². The van der Waals surface area contributed by atoms with Crippen LogP contribution in [0.3, 0.4) is 0 Å². The summed E-state index contributed by atoms with van der Waals surface area (Å²) in [5.41, 5.74) is 1.00. The second-order valence-corrected chi connectivity index (χ2v) is 6.78. The van der Waals surface area contributed by atoms with Gasteiger partial charge in [0.1, 0.15) is 12.1 Å². The molecular formula is C15H16N6O3S. The number of carboxylic acid groups (broad SMARTS) is 1. The van der Waals surface area contributed by atoms with Crippen LogP contribution in [0.25, 0.3) is 0 Å². The van der Waals surface area contributed by atoms with E-state index in [2.05, 4.69) is 20.2 Å². The maximum atomic E-state index is 11.0. The van der Waals surface area contributed by atoms with Crippen molar-refractivity contribution in [2.75, 3.05) is 6.54 Å². The van der Waals surface area contributed by atoms with Crippen molar-refractivity contribution in [2.45, 2.75) is 29.9 Å². The molecule has 0 amide bonds. The molecular weight excluding hydrogens is 344 g/mol. The summed E-state index contributed by atoms with van der Waals surface area (Å²) < 4.78 is 9.46. The molecule has 1 aliphatic heterocycles. The van der Waals surface area contributed by atoms with Crippen LogP contribution in [0.5, 0.6) is 0 Å². The molecule has 0 spiro atoms. The Morgan fingerprint density at radius 3 is 3.04 bits per heavy atom. The summed E-state index contributed by atoms with van der Waals surface area (Å²) in [6, 6.07) is 5.50. The monoisotopic (exact) mass is 360 g/mol. The van der Waals surface area contributed by atoms with Crippen LogP contribution in [0.4, 0.5) is 0 Å². The Balaban J connectivity index is 1.41. The number of furan rings is 1. The zero-order valence-electron chi connectivity index (χ0n) is 13.5. The number of hydrogen-bond acceptors (Lipinski definition) is 7. The summed E-state index contributed by atoms with van der Waals surface area (Å²) in [6.07, 6.45) is 1.65. The number of aromatic carboxylic acids is 1. The molecule has 3 aromatic heterocycles. The third-order valence-electron chi connectivity index (χ3n) is 3.97. The van der Waals surface area contributed by atoms with Crippen molar-refractivity contribution in [3.8, 4) is 0 Å². The Morgan fingerprint density at radius 1 is 1.40 bits per heavy atom. The van der Waals surface area contributed by atoms with E-state index in [1.807, 2.05) is 23.7 Å². The van der Waals surface area contributed by atoms with E-state index in [4.69, 9.17) is 9.52 Å². The maximum absolute atomic E-state index is 11.0. The average Bonchev–Trinajstić information content (AvgIpc) is 3.29. The van der Waals surface area contributed by atoms with Gasteiger partial charge in [0.15, 0.2) is 15.9 Å². The quantitative estimate of drug-likeness (QED) is 0.730. The Labute approximate surface area is 147 Å². The lowest BCUT2D eigenvalue weighted by molar-refractivity contribution is 0.0689. The molecule has 0 saturated heterocycles. The van der Waals surface area contributed by atoms with Crippen LogP contribution in [0.15, 0.2) is 39.2 Å². The zero-order chi connectivity index (χ0) is 17.4. The predicted molar refractivity (Wildman–Crippen MR) is 87.1 cm³/mol. The minimum Gasteiger partial charge on any atom is -0.476 e. The van der Waals surface area contributed by atoms with Crippen LogP contribution in [-0.4, -0.2) is 47.1 Å². The SMILES string of the molecule is Cn1cnnc1Sc1ccc(CN2CCn3nc(C(=O)O)cc3C2)o1. The van der Waals surface area contributed by atoms with E-state index in [0.717, 1.165) is 28.2 Å². The van der Waals surface area contributed by atoms with E-state index in [1.54, 1.807) is 17.1 Å². The van der Waals surface area contributed by atoms with Crippen LogP contribution in [-0.2, 0) is 26.7 Å². The molecule has 4 rings (SSSR count). The van der Waals surface area contributed by atoms with Crippen molar-refractivity contribution in [3.05, 3.63) is 41.7 Å². The average molecular weight is 360 g/mol. The number of aromatic nitrogens is 5. The highest BCUT2D eigenvalue weighted by molar-refractivity contribution is 7.99. The second-order valence-electron chi connectivity index (χ2n) is 5.81. The summed E-state index contributed by atoms with van der Waals surface area (Å²) >= 11 is 1.42. The molecule has 0 saturated carbocycles. The van der Waals surface area contributed by atoms with Crippen molar-refractivity contribution in [3.63, 3.8) is 0 Å². The lowest BCUT2D eigenvalue weighted by Gasteiger charge is -2.26. The fraction of sp³-hybridized carbons (Fsp3) is 0.333. The van der Waals surface area contributed by atoms with Gasteiger partial charge in [-0.25, -0.2) is 4.79 Å². The van der Waals surface area contributed by atoms with Gasteiger partial charge in [-0.3, -0.25) is 9.58 Å². The molecule has 0 unspecified atom stereocenters. The Morgan fingerprint density at radius 2 is 2.28 bits per heavy atom. The van der Waals surface area contributed by atoms with E-state index < -0.39 is 5.97 Å². The van der Waals surface area contributed by atoms with Crippen molar-refractivity contribution < 1.29 is 14.3 Å². The third kappa shape index (κ3) is 3.30. The lowest BCUT2D eigenvalue weighted by Crippen LogP contribution is -2.33. The fourth-order valence-electron chi connectivity index (χ4n) is 2.73. The van der Waals surface area contributed by atoms with Gasteiger partial charge in [-0.05, 0) is 30.0 Å². The topological polar surface area (TPSA) is 102 Å². The van der Waals surface area contributed by atoms with Crippen molar-refractivity contribution in [1.29, 1.82) is 0 Å². The minimum atomic E-state index is -0.995. The smallest absolute Gasteiger partial charge is 0.356 e. The van der Waals surface area contributed by atoms with E-state index in [-0.39, 0.29) is 5.69 Å². The lowest BCUT2D eigenvalue weighted by atomic mass is 10.2. The number of nitrogens with zero attached hydrogens (tertiary/aromatic N) is 6. The van der Waals surface area contributed by atoms with Crippen LogP contribution in [0.2, 0.25) is 0 Å². The molecule has 10 heteroatoms. The first-order valence-corrected chi connectivity index (χ1v) is 8.53. The highest BCUT2D eigenvalue weighted by atomic mass is 32.2. The Hall–Kier alpha value is -2.59. The highest BCUT2D eigenvalue weighted by Gasteiger charge is 2.21. The Bertz CT molecular complexity index is 914. The largest absolute Gasteiger partial charge is 0.476 e. The molecule has 0 fully saturated rings. The summed E-state index contributed by atoms with van der Waals surface area (Å²) in [6.45, 7) is 2.77.